The molecule has 0 amide bonds. The zero-order valence-corrected chi connectivity index (χ0v) is 23.6. The Morgan fingerprint density at radius 2 is 1.56 bits per heavy atom. The first-order valence-electron chi connectivity index (χ1n) is 12.3. The van der Waals surface area contributed by atoms with Gasteiger partial charge in [-0.15, -0.1) is 0 Å². The normalized spacial score (nSPS) is 15.6. The van der Waals surface area contributed by atoms with E-state index in [-0.39, 0.29) is 0 Å². The molecule has 2 aliphatic rings. The van der Waals surface area contributed by atoms with Crippen molar-refractivity contribution in [2.45, 2.75) is 79.2 Å². The Bertz CT molecular complexity index is 1160. The molecule has 0 spiro atoms. The number of rotatable bonds is 5. The third-order valence-electron chi connectivity index (χ3n) is 7.66. The summed E-state index contributed by atoms with van der Waals surface area (Å²) >= 11 is 0. The molecule has 2 aromatic carbocycles. The van der Waals surface area contributed by atoms with Crippen molar-refractivity contribution in [1.82, 2.24) is 0 Å². The van der Waals surface area contributed by atoms with Crippen molar-refractivity contribution >= 4 is 32.6 Å². The molecule has 0 bridgehead atoms. The number of allylic oxidation sites excluding steroid dienone is 5. The lowest BCUT2D eigenvalue weighted by molar-refractivity contribution is 0.860. The van der Waals surface area contributed by atoms with Crippen LogP contribution in [0.2, 0.25) is 32.7 Å². The van der Waals surface area contributed by atoms with Crippen LogP contribution in [0.25, 0.3) is 17.2 Å². The highest BCUT2D eigenvalue weighted by atomic mass is 28.3. The Morgan fingerprint density at radius 3 is 2.16 bits per heavy atom. The Labute approximate surface area is 198 Å². The monoisotopic (exact) mass is 456 g/mol. The lowest BCUT2D eigenvalue weighted by Crippen LogP contribution is -2.53. The van der Waals surface area contributed by atoms with Crippen LogP contribution in [0.4, 0.5) is 0 Å². The zero-order chi connectivity index (χ0) is 23.4. The van der Waals surface area contributed by atoms with Gasteiger partial charge in [0.1, 0.15) is 8.07 Å². The van der Waals surface area contributed by atoms with Crippen LogP contribution in [0.15, 0.2) is 47.7 Å². The van der Waals surface area contributed by atoms with Crippen molar-refractivity contribution in [3.63, 3.8) is 0 Å². The lowest BCUT2D eigenvalue weighted by atomic mass is 9.85. The van der Waals surface area contributed by atoms with E-state index in [0.29, 0.717) is 5.92 Å². The van der Waals surface area contributed by atoms with Gasteiger partial charge in [-0.1, -0.05) is 111 Å². The van der Waals surface area contributed by atoms with E-state index in [1.54, 1.807) is 37.8 Å². The molecule has 32 heavy (non-hydrogen) atoms. The molecule has 0 radical (unpaired) electrons. The minimum Gasteiger partial charge on any atom is -0.0809 e. The van der Waals surface area contributed by atoms with E-state index in [0.717, 1.165) is 12.8 Å². The maximum absolute atomic E-state index is 2.60. The number of hydrogen-bond donors (Lipinski definition) is 0. The second-order valence-corrected chi connectivity index (χ2v) is 21.0. The van der Waals surface area contributed by atoms with Crippen molar-refractivity contribution in [2.24, 2.45) is 0 Å². The van der Waals surface area contributed by atoms with Crippen LogP contribution < -0.4 is 10.4 Å². The van der Waals surface area contributed by atoms with Crippen LogP contribution in [0, 0.1) is 13.8 Å². The average molecular weight is 457 g/mol. The fourth-order valence-electron chi connectivity index (χ4n) is 6.54. The van der Waals surface area contributed by atoms with Crippen LogP contribution in [-0.2, 0) is 6.42 Å². The maximum Gasteiger partial charge on any atom is 0.109 e. The Kier molecular flexibility index (Phi) is 5.92. The predicted molar refractivity (Wildman–Crippen MR) is 150 cm³/mol. The van der Waals surface area contributed by atoms with Gasteiger partial charge >= 0.3 is 0 Å². The molecule has 0 saturated heterocycles. The highest BCUT2D eigenvalue weighted by Crippen LogP contribution is 2.40. The fraction of sp³-hybridized carbons (Fsp3) is 0.400. The second kappa shape index (κ2) is 8.15. The van der Waals surface area contributed by atoms with E-state index >= 15 is 0 Å². The molecule has 0 aliphatic heterocycles. The Balaban J connectivity index is 2.20. The van der Waals surface area contributed by atoms with Crippen LogP contribution in [-0.4, -0.2) is 16.1 Å². The molecule has 0 aromatic heterocycles. The molecule has 2 heteroatoms. The number of fused-ring (bicyclic) bond motifs is 1. The third kappa shape index (κ3) is 3.66. The largest absolute Gasteiger partial charge is 0.109 e. The van der Waals surface area contributed by atoms with Gasteiger partial charge in [-0.25, -0.2) is 0 Å². The second-order valence-electron chi connectivity index (χ2n) is 11.6. The summed E-state index contributed by atoms with van der Waals surface area (Å²) in [6.45, 7) is 22.5. The van der Waals surface area contributed by atoms with Crippen LogP contribution in [0.3, 0.4) is 0 Å². The van der Waals surface area contributed by atoms with Gasteiger partial charge in [-0.3, -0.25) is 0 Å². The third-order valence-corrected chi connectivity index (χ3v) is 13.8. The van der Waals surface area contributed by atoms with Gasteiger partial charge in [-0.2, -0.15) is 0 Å². The number of hydrogen-bond acceptors (Lipinski definition) is 0. The van der Waals surface area contributed by atoms with E-state index in [4.69, 9.17) is 0 Å². The molecule has 0 saturated carbocycles. The summed E-state index contributed by atoms with van der Waals surface area (Å²) in [7, 11) is -3.39. The van der Waals surface area contributed by atoms with Gasteiger partial charge in [0.15, 0.2) is 0 Å². The molecular weight excluding hydrogens is 417 g/mol. The van der Waals surface area contributed by atoms with Crippen molar-refractivity contribution < 1.29 is 0 Å². The quantitative estimate of drug-likeness (QED) is 0.407. The summed E-state index contributed by atoms with van der Waals surface area (Å²) in [4.78, 5) is 0. The molecule has 4 rings (SSSR count). The fourth-order valence-corrected chi connectivity index (χ4v) is 12.6. The Hall–Kier alpha value is -1.91. The smallest absolute Gasteiger partial charge is 0.0809 e. The van der Waals surface area contributed by atoms with E-state index in [1.165, 1.54) is 16.7 Å². The number of benzene rings is 2. The maximum atomic E-state index is 2.60. The first-order chi connectivity index (χ1) is 15.0. The predicted octanol–water partition coefficient (Wildman–Crippen LogP) is 7.55. The molecule has 0 atom stereocenters. The van der Waals surface area contributed by atoms with Crippen LogP contribution in [0.5, 0.6) is 0 Å². The van der Waals surface area contributed by atoms with Crippen LogP contribution >= 0.6 is 0 Å². The standard InChI is InChI=1S/C30H40Si2/c1-20(2)27-21(3)29(31(5,6)7)22(4)30(32(8,9)24-16-10-11-17-24)28(27)26-19-13-15-23-14-12-18-25(23)26/h10-13,15-16,18-20H,14,17H2,1-9H3. The zero-order valence-electron chi connectivity index (χ0n) is 21.6. The molecule has 0 heterocycles. The first kappa shape index (κ1) is 23.3. The highest BCUT2D eigenvalue weighted by molar-refractivity contribution is 6.98. The van der Waals surface area contributed by atoms with E-state index in [2.05, 4.69) is 109 Å². The molecule has 0 fully saturated rings. The average Bonchev–Trinajstić information content (AvgIpc) is 3.37. The minimum atomic E-state index is -1.86. The minimum absolute atomic E-state index is 0.501. The molecule has 0 N–H and O–H groups in total. The molecular formula is C30H40Si2. The summed E-state index contributed by atoms with van der Waals surface area (Å²) in [5.41, 5.74) is 10.8. The lowest BCUT2D eigenvalue weighted by Gasteiger charge is -2.37. The van der Waals surface area contributed by atoms with Crippen molar-refractivity contribution in [1.29, 1.82) is 0 Å². The van der Waals surface area contributed by atoms with Crippen LogP contribution in [0.1, 0.15) is 54.0 Å². The molecule has 0 unspecified atom stereocenters. The highest BCUT2D eigenvalue weighted by Gasteiger charge is 2.38. The van der Waals surface area contributed by atoms with Crippen molar-refractivity contribution in [2.75, 3.05) is 0 Å². The van der Waals surface area contributed by atoms with Gasteiger partial charge in [0, 0.05) is 0 Å². The van der Waals surface area contributed by atoms with Crippen molar-refractivity contribution in [3.05, 3.63) is 75.5 Å². The topological polar surface area (TPSA) is 0 Å². The van der Waals surface area contributed by atoms with Gasteiger partial charge < -0.3 is 0 Å². The molecule has 0 nitrogen and oxygen atoms in total. The van der Waals surface area contributed by atoms with Gasteiger partial charge in [0.2, 0.25) is 0 Å². The Morgan fingerprint density at radius 1 is 0.844 bits per heavy atom. The van der Waals surface area contributed by atoms with Crippen molar-refractivity contribution in [3.8, 4) is 11.1 Å². The molecule has 2 aromatic rings. The van der Waals surface area contributed by atoms with Gasteiger partial charge in [0.25, 0.3) is 0 Å². The SMILES string of the molecule is Cc1c(C(C)C)c(-c2cccc3c2C=CC3)c([Si](C)(C)C2=CC=CC2)c(C)c1[Si](C)(C)C. The first-order valence-corrected chi connectivity index (χ1v) is 18.8. The summed E-state index contributed by atoms with van der Waals surface area (Å²) in [5.74, 6) is 0.501. The molecule has 168 valence electrons. The summed E-state index contributed by atoms with van der Waals surface area (Å²) in [6, 6.07) is 7.00. The van der Waals surface area contributed by atoms with E-state index in [9.17, 15) is 0 Å². The molecule has 2 aliphatic carbocycles. The summed E-state index contributed by atoms with van der Waals surface area (Å²) in [6.07, 6.45) is 14.0. The van der Waals surface area contributed by atoms with Gasteiger partial charge in [-0.05, 0) is 71.2 Å². The van der Waals surface area contributed by atoms with E-state index in [1.807, 2.05) is 0 Å². The van der Waals surface area contributed by atoms with E-state index < -0.39 is 16.1 Å². The summed E-state index contributed by atoms with van der Waals surface area (Å²) < 4.78 is 0. The summed E-state index contributed by atoms with van der Waals surface area (Å²) in [5, 5.41) is 5.08. The van der Waals surface area contributed by atoms with Gasteiger partial charge in [0.05, 0.1) is 8.07 Å².